The van der Waals surface area contributed by atoms with Crippen molar-refractivity contribution in [3.05, 3.63) is 17.3 Å². The summed E-state index contributed by atoms with van der Waals surface area (Å²) in [5, 5.41) is 11.8. The minimum atomic E-state index is 0.0613. The first-order valence-electron chi connectivity index (χ1n) is 4.91. The second-order valence-electron chi connectivity index (χ2n) is 5.96. The van der Waals surface area contributed by atoms with Crippen LogP contribution < -0.4 is 5.11 Å². The fourth-order valence-corrected chi connectivity index (χ4v) is 1.62. The van der Waals surface area contributed by atoms with E-state index in [0.717, 1.165) is 17.9 Å². The average molecular weight is 180 g/mol. The molecule has 0 N–H and O–H groups in total. The molecular weight excluding hydrogens is 160 g/mol. The zero-order chi connectivity index (χ0) is 10.4. The van der Waals surface area contributed by atoms with Crippen LogP contribution in [0.2, 0.25) is 0 Å². The number of hydrogen-bond donors (Lipinski definition) is 0. The molecule has 0 saturated heterocycles. The van der Waals surface area contributed by atoms with Gasteiger partial charge in [0.2, 0.25) is 0 Å². The molecular formula is C12H20O. The van der Waals surface area contributed by atoms with Crippen LogP contribution in [0, 0.1) is 16.7 Å². The van der Waals surface area contributed by atoms with Gasteiger partial charge in [0.15, 0.2) is 0 Å². The lowest BCUT2D eigenvalue weighted by atomic mass is 9.63. The van der Waals surface area contributed by atoms with Crippen molar-refractivity contribution < 1.29 is 5.11 Å². The maximum absolute atomic E-state index is 11.8. The Balaban J connectivity index is 2.83. The fraction of sp³-hybridized carbons (Fsp3) is 0.750. The van der Waals surface area contributed by atoms with Crippen LogP contribution in [-0.2, 0) is 0 Å². The smallest absolute Gasteiger partial charge is 0.120 e. The van der Waals surface area contributed by atoms with Gasteiger partial charge in [0.1, 0.15) is 6.42 Å². The summed E-state index contributed by atoms with van der Waals surface area (Å²) in [4.78, 5) is 0. The Morgan fingerprint density at radius 1 is 1.08 bits per heavy atom. The van der Waals surface area contributed by atoms with Gasteiger partial charge < -0.3 is 5.11 Å². The fourth-order valence-electron chi connectivity index (χ4n) is 1.62. The Morgan fingerprint density at radius 3 is 1.77 bits per heavy atom. The van der Waals surface area contributed by atoms with Crippen molar-refractivity contribution >= 4 is 0 Å². The van der Waals surface area contributed by atoms with E-state index in [-0.39, 0.29) is 10.8 Å². The van der Waals surface area contributed by atoms with E-state index < -0.39 is 0 Å². The molecule has 1 aliphatic rings. The van der Waals surface area contributed by atoms with Gasteiger partial charge in [-0.2, -0.15) is 0 Å². The second kappa shape index (κ2) is 2.70. The van der Waals surface area contributed by atoms with Crippen molar-refractivity contribution in [2.75, 3.05) is 0 Å². The highest BCUT2D eigenvalue weighted by Gasteiger charge is 2.47. The van der Waals surface area contributed by atoms with Gasteiger partial charge in [-0.05, 0) is 41.5 Å². The van der Waals surface area contributed by atoms with E-state index in [4.69, 9.17) is 0 Å². The van der Waals surface area contributed by atoms with E-state index in [9.17, 15) is 5.11 Å². The van der Waals surface area contributed by atoms with Crippen molar-refractivity contribution in [2.45, 2.75) is 48.0 Å². The molecule has 0 fully saturated rings. The summed E-state index contributed by atoms with van der Waals surface area (Å²) in [7, 11) is 0. The molecule has 1 nitrogen and oxygen atoms in total. The van der Waals surface area contributed by atoms with Crippen molar-refractivity contribution in [1.29, 1.82) is 0 Å². The van der Waals surface area contributed by atoms with Gasteiger partial charge in [0, 0.05) is 10.8 Å². The predicted molar refractivity (Wildman–Crippen MR) is 53.8 cm³/mol. The van der Waals surface area contributed by atoms with E-state index in [1.165, 1.54) is 0 Å². The molecule has 0 saturated carbocycles. The SMILES string of the molecule is CC(C)(C)C1=C([O-])[C+](C(C)(C)C)C1. The average Bonchev–Trinajstić information content (AvgIpc) is 1.77. The summed E-state index contributed by atoms with van der Waals surface area (Å²) < 4.78 is 0. The van der Waals surface area contributed by atoms with Crippen LogP contribution in [0.4, 0.5) is 0 Å². The van der Waals surface area contributed by atoms with E-state index >= 15 is 0 Å². The van der Waals surface area contributed by atoms with E-state index in [1.807, 2.05) is 0 Å². The summed E-state index contributed by atoms with van der Waals surface area (Å²) in [5.41, 5.74) is 1.22. The van der Waals surface area contributed by atoms with Crippen LogP contribution >= 0.6 is 0 Å². The quantitative estimate of drug-likeness (QED) is 0.526. The normalized spacial score (nSPS) is 19.1. The topological polar surface area (TPSA) is 23.1 Å². The molecule has 0 spiro atoms. The summed E-state index contributed by atoms with van der Waals surface area (Å²) >= 11 is 0. The monoisotopic (exact) mass is 180 g/mol. The summed E-state index contributed by atoms with van der Waals surface area (Å²) in [6, 6.07) is 0. The first-order chi connectivity index (χ1) is 5.64. The lowest BCUT2D eigenvalue weighted by Gasteiger charge is -2.39. The van der Waals surface area contributed by atoms with Crippen molar-refractivity contribution in [3.8, 4) is 0 Å². The summed E-state index contributed by atoms with van der Waals surface area (Å²) in [6.45, 7) is 12.7. The molecule has 1 heteroatoms. The number of hydrogen-bond acceptors (Lipinski definition) is 1. The Morgan fingerprint density at radius 2 is 1.54 bits per heavy atom. The van der Waals surface area contributed by atoms with Crippen molar-refractivity contribution in [3.63, 3.8) is 0 Å². The van der Waals surface area contributed by atoms with Gasteiger partial charge in [0.05, 0.1) is 17.3 Å². The Labute approximate surface area is 81.9 Å². The molecule has 0 amide bonds. The molecule has 0 bridgehead atoms. The van der Waals surface area contributed by atoms with E-state index in [1.54, 1.807) is 0 Å². The van der Waals surface area contributed by atoms with Gasteiger partial charge in [-0.3, -0.25) is 0 Å². The first kappa shape index (κ1) is 10.5. The zero-order valence-corrected chi connectivity index (χ0v) is 9.62. The summed E-state index contributed by atoms with van der Waals surface area (Å²) in [6.07, 6.45) is 0.922. The Kier molecular flexibility index (Phi) is 2.18. The minimum absolute atomic E-state index is 0.0613. The Bertz CT molecular complexity index is 235. The molecule has 1 rings (SSSR count). The van der Waals surface area contributed by atoms with Gasteiger partial charge >= 0.3 is 0 Å². The third kappa shape index (κ3) is 1.84. The molecule has 0 unspecified atom stereocenters. The van der Waals surface area contributed by atoms with Gasteiger partial charge in [-0.25, -0.2) is 0 Å². The van der Waals surface area contributed by atoms with Crippen LogP contribution in [0.1, 0.15) is 48.0 Å². The van der Waals surface area contributed by atoms with Crippen molar-refractivity contribution in [1.82, 2.24) is 0 Å². The third-order valence-electron chi connectivity index (χ3n) is 2.71. The molecule has 0 aromatic rings. The first-order valence-corrected chi connectivity index (χ1v) is 4.91. The Hall–Kier alpha value is -0.590. The molecule has 0 aromatic carbocycles. The molecule has 13 heavy (non-hydrogen) atoms. The van der Waals surface area contributed by atoms with Crippen LogP contribution in [0.15, 0.2) is 11.3 Å². The maximum Gasteiger partial charge on any atom is 0.120 e. The highest BCUT2D eigenvalue weighted by atomic mass is 16.3. The highest BCUT2D eigenvalue weighted by molar-refractivity contribution is 5.43. The maximum atomic E-state index is 11.8. The van der Waals surface area contributed by atoms with Crippen molar-refractivity contribution in [2.24, 2.45) is 10.8 Å². The molecule has 0 heterocycles. The second-order valence-corrected chi connectivity index (χ2v) is 5.96. The molecule has 0 atom stereocenters. The lowest BCUT2D eigenvalue weighted by Crippen LogP contribution is -2.38. The highest BCUT2D eigenvalue weighted by Crippen LogP contribution is 2.50. The molecule has 0 aromatic heterocycles. The van der Waals surface area contributed by atoms with Crippen LogP contribution in [-0.4, -0.2) is 0 Å². The minimum Gasteiger partial charge on any atom is -0.841 e. The third-order valence-corrected chi connectivity index (χ3v) is 2.71. The lowest BCUT2D eigenvalue weighted by molar-refractivity contribution is -0.313. The van der Waals surface area contributed by atoms with Crippen LogP contribution in [0.25, 0.3) is 0 Å². The molecule has 0 radical (unpaired) electrons. The van der Waals surface area contributed by atoms with Gasteiger partial charge in [-0.1, -0.05) is 0 Å². The molecule has 74 valence electrons. The largest absolute Gasteiger partial charge is 0.841 e. The number of rotatable bonds is 0. The standard InChI is InChI=1S/C12H20O/c1-11(2,3)8-7-9(10(8)13)12(4,5)6/h7H2,1-6H3. The van der Waals surface area contributed by atoms with Crippen LogP contribution in [0.5, 0.6) is 0 Å². The predicted octanol–water partition coefficient (Wildman–Crippen LogP) is 2.67. The molecule has 1 aliphatic carbocycles. The molecule has 0 aliphatic heterocycles. The summed E-state index contributed by atoms with van der Waals surface area (Å²) in [5.74, 6) is 1.41. The zero-order valence-electron chi connectivity index (χ0n) is 9.62. The van der Waals surface area contributed by atoms with Crippen LogP contribution in [0.3, 0.4) is 0 Å². The van der Waals surface area contributed by atoms with Gasteiger partial charge in [-0.15, -0.1) is 0 Å². The van der Waals surface area contributed by atoms with E-state index in [0.29, 0.717) is 5.76 Å². The van der Waals surface area contributed by atoms with E-state index in [2.05, 4.69) is 41.5 Å². The number of allylic oxidation sites excluding steroid dienone is 2. The van der Waals surface area contributed by atoms with Gasteiger partial charge in [0.25, 0.3) is 0 Å².